The maximum atomic E-state index is 13.8. The summed E-state index contributed by atoms with van der Waals surface area (Å²) >= 11 is 0. The van der Waals surface area contributed by atoms with Crippen molar-refractivity contribution in [2.45, 2.75) is 12.8 Å². The molecule has 22 heavy (non-hydrogen) atoms. The standard InChI is InChI=1S/C16H15FN2O3/c17-12-5-1-3-10-6-7-13(18-14(10)12)15(20)19-8-2-4-11(9-19)16(21)22/h1,3,5-7,11H,2,4,8-9H2,(H,21,22)/t11-/m1/s1. The number of hydrogen-bond acceptors (Lipinski definition) is 3. The van der Waals surface area contributed by atoms with E-state index in [9.17, 15) is 14.0 Å². The third-order valence-electron chi connectivity index (χ3n) is 3.95. The van der Waals surface area contributed by atoms with Gasteiger partial charge in [-0.05, 0) is 25.0 Å². The van der Waals surface area contributed by atoms with Crippen molar-refractivity contribution < 1.29 is 19.1 Å². The summed E-state index contributed by atoms with van der Waals surface area (Å²) in [7, 11) is 0. The number of pyridine rings is 1. The molecule has 1 atom stereocenters. The molecule has 1 fully saturated rings. The summed E-state index contributed by atoms with van der Waals surface area (Å²) < 4.78 is 13.8. The van der Waals surface area contributed by atoms with Gasteiger partial charge in [0.05, 0.1) is 5.92 Å². The molecule has 6 heteroatoms. The first-order chi connectivity index (χ1) is 10.6. The summed E-state index contributed by atoms with van der Waals surface area (Å²) in [5, 5.41) is 9.71. The summed E-state index contributed by atoms with van der Waals surface area (Å²) in [4.78, 5) is 29.1. The number of rotatable bonds is 2. The van der Waals surface area contributed by atoms with Gasteiger partial charge >= 0.3 is 5.97 Å². The average molecular weight is 302 g/mol. The molecule has 2 heterocycles. The number of halogens is 1. The number of likely N-dealkylation sites (tertiary alicyclic amines) is 1. The van der Waals surface area contributed by atoms with E-state index in [0.717, 1.165) is 0 Å². The van der Waals surface area contributed by atoms with Crippen LogP contribution in [0.4, 0.5) is 4.39 Å². The van der Waals surface area contributed by atoms with Crippen LogP contribution < -0.4 is 0 Å². The number of benzene rings is 1. The van der Waals surface area contributed by atoms with Gasteiger partial charge in [-0.2, -0.15) is 0 Å². The first-order valence-electron chi connectivity index (χ1n) is 7.13. The quantitative estimate of drug-likeness (QED) is 0.924. The number of carbonyl (C=O) groups excluding carboxylic acids is 1. The van der Waals surface area contributed by atoms with Crippen molar-refractivity contribution in [3.8, 4) is 0 Å². The number of amides is 1. The Balaban J connectivity index is 1.88. The minimum absolute atomic E-state index is 0.142. The van der Waals surface area contributed by atoms with E-state index in [-0.39, 0.29) is 23.7 Å². The van der Waals surface area contributed by atoms with Crippen molar-refractivity contribution in [1.29, 1.82) is 0 Å². The topological polar surface area (TPSA) is 70.5 Å². The van der Waals surface area contributed by atoms with Gasteiger partial charge < -0.3 is 10.0 Å². The van der Waals surface area contributed by atoms with Gasteiger partial charge in [-0.1, -0.05) is 18.2 Å². The smallest absolute Gasteiger partial charge is 0.308 e. The van der Waals surface area contributed by atoms with Crippen molar-refractivity contribution in [2.75, 3.05) is 13.1 Å². The van der Waals surface area contributed by atoms with Crippen LogP contribution in [0.1, 0.15) is 23.3 Å². The number of nitrogens with zero attached hydrogens (tertiary/aromatic N) is 2. The van der Waals surface area contributed by atoms with E-state index in [0.29, 0.717) is 24.8 Å². The van der Waals surface area contributed by atoms with Crippen LogP contribution >= 0.6 is 0 Å². The Hall–Kier alpha value is -2.50. The van der Waals surface area contributed by atoms with Gasteiger partial charge in [0.25, 0.3) is 5.91 Å². The van der Waals surface area contributed by atoms with Gasteiger partial charge in [-0.25, -0.2) is 9.37 Å². The van der Waals surface area contributed by atoms with Gasteiger partial charge in [0.1, 0.15) is 17.0 Å². The molecule has 0 unspecified atom stereocenters. The van der Waals surface area contributed by atoms with Crippen LogP contribution in [0.3, 0.4) is 0 Å². The molecular formula is C16H15FN2O3. The van der Waals surface area contributed by atoms with Crippen LogP contribution in [0.15, 0.2) is 30.3 Å². The molecule has 0 bridgehead atoms. The lowest BCUT2D eigenvalue weighted by molar-refractivity contribution is -0.143. The molecule has 0 aliphatic carbocycles. The van der Waals surface area contributed by atoms with Crippen LogP contribution in [0.2, 0.25) is 0 Å². The number of piperidine rings is 1. The van der Waals surface area contributed by atoms with E-state index < -0.39 is 17.7 Å². The van der Waals surface area contributed by atoms with Crippen molar-refractivity contribution in [3.63, 3.8) is 0 Å². The second-order valence-corrected chi connectivity index (χ2v) is 5.44. The number of carboxylic acids is 1. The monoisotopic (exact) mass is 302 g/mol. The molecule has 2 aromatic rings. The SMILES string of the molecule is O=C(O)[C@@H]1CCCN(C(=O)c2ccc3cccc(F)c3n2)C1. The van der Waals surface area contributed by atoms with E-state index in [1.807, 2.05) is 0 Å². The van der Waals surface area contributed by atoms with E-state index in [1.165, 1.54) is 11.0 Å². The number of carboxylic acid groups (broad SMARTS) is 1. The molecule has 1 aromatic heterocycles. The lowest BCUT2D eigenvalue weighted by Crippen LogP contribution is -2.42. The van der Waals surface area contributed by atoms with Gasteiger partial charge in [0, 0.05) is 18.5 Å². The second-order valence-electron chi connectivity index (χ2n) is 5.44. The van der Waals surface area contributed by atoms with Crippen LogP contribution in [0.5, 0.6) is 0 Å². The molecular weight excluding hydrogens is 287 g/mol. The van der Waals surface area contributed by atoms with Crippen LogP contribution in [-0.2, 0) is 4.79 Å². The first kappa shape index (κ1) is 14.4. The maximum Gasteiger partial charge on any atom is 0.308 e. The van der Waals surface area contributed by atoms with E-state index in [4.69, 9.17) is 5.11 Å². The van der Waals surface area contributed by atoms with Crippen molar-refractivity contribution in [3.05, 3.63) is 41.8 Å². The highest BCUT2D eigenvalue weighted by molar-refractivity contribution is 5.95. The number of aliphatic carboxylic acids is 1. The molecule has 5 nitrogen and oxygen atoms in total. The molecule has 1 saturated heterocycles. The zero-order valence-electron chi connectivity index (χ0n) is 11.8. The van der Waals surface area contributed by atoms with Crippen molar-refractivity contribution in [2.24, 2.45) is 5.92 Å². The van der Waals surface area contributed by atoms with E-state index >= 15 is 0 Å². The third kappa shape index (κ3) is 2.64. The molecule has 114 valence electrons. The first-order valence-corrected chi connectivity index (χ1v) is 7.13. The molecule has 1 aliphatic heterocycles. The summed E-state index contributed by atoms with van der Waals surface area (Å²) in [6, 6.07) is 7.81. The zero-order valence-corrected chi connectivity index (χ0v) is 11.8. The van der Waals surface area contributed by atoms with Crippen LogP contribution in [0.25, 0.3) is 10.9 Å². The predicted octanol–water partition coefficient (Wildman–Crippen LogP) is 2.31. The van der Waals surface area contributed by atoms with Gasteiger partial charge in [0.2, 0.25) is 0 Å². The third-order valence-corrected chi connectivity index (χ3v) is 3.95. The van der Waals surface area contributed by atoms with E-state index in [1.54, 1.807) is 24.3 Å². The lowest BCUT2D eigenvalue weighted by Gasteiger charge is -2.30. The summed E-state index contributed by atoms with van der Waals surface area (Å²) in [6.45, 7) is 0.671. The Morgan fingerprint density at radius 1 is 1.27 bits per heavy atom. The molecule has 1 aliphatic rings. The van der Waals surface area contributed by atoms with Crippen molar-refractivity contribution >= 4 is 22.8 Å². The number of carbonyl (C=O) groups is 2. The van der Waals surface area contributed by atoms with E-state index in [2.05, 4.69) is 4.98 Å². The Labute approximate surface area is 126 Å². The highest BCUT2D eigenvalue weighted by atomic mass is 19.1. The molecule has 0 saturated carbocycles. The Kier molecular flexibility index (Phi) is 3.75. The Bertz CT molecular complexity index is 747. The van der Waals surface area contributed by atoms with Gasteiger partial charge in [-0.3, -0.25) is 9.59 Å². The van der Waals surface area contributed by atoms with Crippen molar-refractivity contribution in [1.82, 2.24) is 9.88 Å². The fourth-order valence-corrected chi connectivity index (χ4v) is 2.76. The Morgan fingerprint density at radius 2 is 2.09 bits per heavy atom. The average Bonchev–Trinajstić information content (AvgIpc) is 2.54. The fourth-order valence-electron chi connectivity index (χ4n) is 2.76. The number of fused-ring (bicyclic) bond motifs is 1. The molecule has 1 N–H and O–H groups in total. The Morgan fingerprint density at radius 3 is 2.86 bits per heavy atom. The largest absolute Gasteiger partial charge is 0.481 e. The number of para-hydroxylation sites is 1. The minimum atomic E-state index is -0.894. The highest BCUT2D eigenvalue weighted by Gasteiger charge is 2.29. The minimum Gasteiger partial charge on any atom is -0.481 e. The molecule has 1 aromatic carbocycles. The second kappa shape index (κ2) is 5.71. The van der Waals surface area contributed by atoms with Crippen LogP contribution in [0, 0.1) is 11.7 Å². The maximum absolute atomic E-state index is 13.8. The molecule has 0 radical (unpaired) electrons. The number of aromatic nitrogens is 1. The van der Waals surface area contributed by atoms with Gasteiger partial charge in [-0.15, -0.1) is 0 Å². The zero-order chi connectivity index (χ0) is 15.7. The normalized spacial score (nSPS) is 18.4. The summed E-state index contributed by atoms with van der Waals surface area (Å²) in [5.74, 6) is -2.27. The van der Waals surface area contributed by atoms with Gasteiger partial charge in [0.15, 0.2) is 0 Å². The summed E-state index contributed by atoms with van der Waals surface area (Å²) in [5.41, 5.74) is 0.295. The highest BCUT2D eigenvalue weighted by Crippen LogP contribution is 2.20. The fraction of sp³-hybridized carbons (Fsp3) is 0.312. The molecule has 3 rings (SSSR count). The lowest BCUT2D eigenvalue weighted by atomic mass is 9.98. The number of hydrogen-bond donors (Lipinski definition) is 1. The molecule has 1 amide bonds. The van der Waals surface area contributed by atoms with Crippen LogP contribution in [-0.4, -0.2) is 40.0 Å². The summed E-state index contributed by atoms with van der Waals surface area (Å²) in [6.07, 6.45) is 1.21. The molecule has 0 spiro atoms. The predicted molar refractivity (Wildman–Crippen MR) is 78.0 cm³/mol.